The quantitative estimate of drug-likeness (QED) is 0.387. The molecule has 1 N–H and O–H groups in total. The Bertz CT molecular complexity index is 1170. The fourth-order valence-corrected chi connectivity index (χ4v) is 4.97. The van der Waals surface area contributed by atoms with Crippen molar-refractivity contribution in [3.05, 3.63) is 101 Å². The average Bonchev–Trinajstić information content (AvgIpc) is 3.18. The summed E-state index contributed by atoms with van der Waals surface area (Å²) in [6.45, 7) is 7.57. The summed E-state index contributed by atoms with van der Waals surface area (Å²) in [6.07, 6.45) is 2.53. The van der Waals surface area contributed by atoms with Crippen molar-refractivity contribution in [1.82, 2.24) is 14.9 Å². The number of hydrogen-bond acceptors (Lipinski definition) is 2. The van der Waals surface area contributed by atoms with E-state index in [0.29, 0.717) is 5.92 Å². The first-order valence-electron chi connectivity index (χ1n) is 11.7. The molecule has 1 atom stereocenters. The van der Waals surface area contributed by atoms with Crippen molar-refractivity contribution in [2.45, 2.75) is 39.2 Å². The van der Waals surface area contributed by atoms with Crippen molar-refractivity contribution in [2.75, 3.05) is 13.1 Å². The molecule has 5 rings (SSSR count). The van der Waals surface area contributed by atoms with E-state index < -0.39 is 0 Å². The van der Waals surface area contributed by atoms with Crippen molar-refractivity contribution in [3.63, 3.8) is 0 Å². The van der Waals surface area contributed by atoms with Crippen LogP contribution < -0.4 is 0 Å². The Morgan fingerprint density at radius 2 is 1.69 bits per heavy atom. The number of nitrogens with zero attached hydrogens (tertiary/aromatic N) is 2. The molecule has 3 heterocycles. The molecule has 0 spiro atoms. The van der Waals surface area contributed by atoms with Crippen LogP contribution in [-0.2, 0) is 6.54 Å². The molecule has 0 radical (unpaired) electrons. The fraction of sp³-hybridized carbons (Fsp3) is 0.276. The third-order valence-corrected chi connectivity index (χ3v) is 6.61. The molecule has 1 unspecified atom stereocenters. The lowest BCUT2D eigenvalue weighted by molar-refractivity contribution is 0.200. The molecule has 0 bridgehead atoms. The number of pyridine rings is 1. The van der Waals surface area contributed by atoms with Crippen LogP contribution in [0.2, 0.25) is 0 Å². The molecule has 2 aromatic carbocycles. The SMILES string of the molecule is Cc1cc(-c2cccc(-c3ccc(C4CCCN(Cc5ccccc5)C4)cc3)n2)c(C)[nH]1. The van der Waals surface area contributed by atoms with Crippen LogP contribution >= 0.6 is 0 Å². The summed E-state index contributed by atoms with van der Waals surface area (Å²) < 4.78 is 0. The number of nitrogens with one attached hydrogen (secondary N) is 1. The Balaban J connectivity index is 1.31. The first kappa shape index (κ1) is 20.7. The van der Waals surface area contributed by atoms with E-state index in [1.807, 2.05) is 0 Å². The number of rotatable bonds is 5. The number of piperidine rings is 1. The van der Waals surface area contributed by atoms with Crippen molar-refractivity contribution in [2.24, 2.45) is 0 Å². The van der Waals surface area contributed by atoms with Gasteiger partial charge in [0.05, 0.1) is 11.4 Å². The average molecular weight is 422 g/mol. The van der Waals surface area contributed by atoms with Crippen molar-refractivity contribution in [1.29, 1.82) is 0 Å². The predicted octanol–water partition coefficient (Wildman–Crippen LogP) is 6.74. The van der Waals surface area contributed by atoms with Gasteiger partial charge in [0.2, 0.25) is 0 Å². The molecule has 0 amide bonds. The molecule has 162 valence electrons. The van der Waals surface area contributed by atoms with E-state index in [2.05, 4.69) is 103 Å². The van der Waals surface area contributed by atoms with Gasteiger partial charge in [-0.25, -0.2) is 4.98 Å². The summed E-state index contributed by atoms with van der Waals surface area (Å²) in [4.78, 5) is 10.9. The van der Waals surface area contributed by atoms with Crippen LogP contribution in [0.1, 0.15) is 41.3 Å². The van der Waals surface area contributed by atoms with Gasteiger partial charge in [-0.15, -0.1) is 0 Å². The second-order valence-corrected chi connectivity index (χ2v) is 9.08. The lowest BCUT2D eigenvalue weighted by Gasteiger charge is -2.33. The maximum atomic E-state index is 4.96. The number of aromatic nitrogens is 2. The van der Waals surface area contributed by atoms with E-state index in [9.17, 15) is 0 Å². The summed E-state index contributed by atoms with van der Waals surface area (Å²) in [6, 6.07) is 28.4. The molecule has 1 aliphatic heterocycles. The predicted molar refractivity (Wildman–Crippen MR) is 133 cm³/mol. The van der Waals surface area contributed by atoms with Crippen molar-refractivity contribution < 1.29 is 0 Å². The number of benzene rings is 2. The van der Waals surface area contributed by atoms with Crippen LogP contribution in [0.3, 0.4) is 0 Å². The molecular weight excluding hydrogens is 390 g/mol. The van der Waals surface area contributed by atoms with Gasteiger partial charge in [0.1, 0.15) is 0 Å². The first-order valence-corrected chi connectivity index (χ1v) is 11.7. The topological polar surface area (TPSA) is 31.9 Å². The van der Waals surface area contributed by atoms with Crippen LogP contribution in [0.15, 0.2) is 78.9 Å². The summed E-state index contributed by atoms with van der Waals surface area (Å²) in [5.74, 6) is 0.603. The molecule has 1 saturated heterocycles. The van der Waals surface area contributed by atoms with Gasteiger partial charge in [-0.3, -0.25) is 4.90 Å². The second-order valence-electron chi connectivity index (χ2n) is 9.08. The van der Waals surface area contributed by atoms with Crippen molar-refractivity contribution in [3.8, 4) is 22.5 Å². The van der Waals surface area contributed by atoms with E-state index in [1.165, 1.54) is 53.0 Å². The minimum absolute atomic E-state index is 0.603. The molecule has 1 fully saturated rings. The van der Waals surface area contributed by atoms with E-state index in [1.54, 1.807) is 0 Å². The van der Waals surface area contributed by atoms with Gasteiger partial charge in [-0.05, 0) is 68.5 Å². The van der Waals surface area contributed by atoms with Gasteiger partial charge < -0.3 is 4.98 Å². The molecule has 0 saturated carbocycles. The molecular formula is C29H31N3. The molecule has 0 aliphatic carbocycles. The van der Waals surface area contributed by atoms with Crippen LogP contribution in [0, 0.1) is 13.8 Å². The molecule has 3 nitrogen and oxygen atoms in total. The van der Waals surface area contributed by atoms with Gasteiger partial charge >= 0.3 is 0 Å². The lowest BCUT2D eigenvalue weighted by atomic mass is 9.89. The molecule has 3 heteroatoms. The molecule has 32 heavy (non-hydrogen) atoms. The highest BCUT2D eigenvalue weighted by Gasteiger charge is 2.21. The fourth-order valence-electron chi connectivity index (χ4n) is 4.97. The first-order chi connectivity index (χ1) is 15.7. The largest absolute Gasteiger partial charge is 0.362 e. The Kier molecular flexibility index (Phi) is 5.91. The summed E-state index contributed by atoms with van der Waals surface area (Å²) in [7, 11) is 0. The van der Waals surface area contributed by atoms with E-state index in [4.69, 9.17) is 4.98 Å². The zero-order valence-corrected chi connectivity index (χ0v) is 19.0. The highest BCUT2D eigenvalue weighted by Crippen LogP contribution is 2.30. The minimum Gasteiger partial charge on any atom is -0.362 e. The number of likely N-dealkylation sites (tertiary alicyclic amines) is 1. The number of H-pyrrole nitrogens is 1. The molecule has 1 aliphatic rings. The monoisotopic (exact) mass is 421 g/mol. The van der Waals surface area contributed by atoms with Gasteiger partial charge in [-0.1, -0.05) is 60.7 Å². The lowest BCUT2D eigenvalue weighted by Crippen LogP contribution is -2.33. The van der Waals surface area contributed by atoms with Crippen molar-refractivity contribution >= 4 is 0 Å². The maximum absolute atomic E-state index is 4.96. The van der Waals surface area contributed by atoms with Gasteiger partial charge in [0, 0.05) is 35.6 Å². The summed E-state index contributed by atoms with van der Waals surface area (Å²) in [5.41, 5.74) is 9.60. The molecule has 2 aromatic heterocycles. The Morgan fingerprint density at radius 1 is 0.906 bits per heavy atom. The zero-order chi connectivity index (χ0) is 21.9. The third-order valence-electron chi connectivity index (χ3n) is 6.61. The van der Waals surface area contributed by atoms with E-state index >= 15 is 0 Å². The summed E-state index contributed by atoms with van der Waals surface area (Å²) in [5, 5.41) is 0. The van der Waals surface area contributed by atoms with Gasteiger partial charge in [-0.2, -0.15) is 0 Å². The zero-order valence-electron chi connectivity index (χ0n) is 19.0. The van der Waals surface area contributed by atoms with E-state index in [-0.39, 0.29) is 0 Å². The van der Waals surface area contributed by atoms with Crippen LogP contribution in [0.25, 0.3) is 22.5 Å². The number of aromatic amines is 1. The van der Waals surface area contributed by atoms with Gasteiger partial charge in [0.15, 0.2) is 0 Å². The summed E-state index contributed by atoms with van der Waals surface area (Å²) >= 11 is 0. The third kappa shape index (κ3) is 4.53. The van der Waals surface area contributed by atoms with Crippen LogP contribution in [0.4, 0.5) is 0 Å². The maximum Gasteiger partial charge on any atom is 0.0727 e. The highest BCUT2D eigenvalue weighted by molar-refractivity contribution is 5.68. The van der Waals surface area contributed by atoms with Crippen LogP contribution in [-0.4, -0.2) is 28.0 Å². The smallest absolute Gasteiger partial charge is 0.0727 e. The Hall–Kier alpha value is -3.17. The minimum atomic E-state index is 0.603. The highest BCUT2D eigenvalue weighted by atomic mass is 15.1. The molecule has 4 aromatic rings. The standard InChI is InChI=1S/C29H31N3/c1-21-18-27(22(2)30-21)29-12-6-11-28(31-29)25-15-13-24(14-16-25)26-10-7-17-32(20-26)19-23-8-4-3-5-9-23/h3-6,8-9,11-16,18,26,30H,7,10,17,19-20H2,1-2H3. The Labute approximate surface area is 191 Å². The normalized spacial score (nSPS) is 16.9. The second kappa shape index (κ2) is 9.13. The number of aryl methyl sites for hydroxylation is 2. The number of hydrogen-bond donors (Lipinski definition) is 1. The van der Waals surface area contributed by atoms with Crippen LogP contribution in [0.5, 0.6) is 0 Å². The van der Waals surface area contributed by atoms with Gasteiger partial charge in [0.25, 0.3) is 0 Å². The van der Waals surface area contributed by atoms with E-state index in [0.717, 1.165) is 24.5 Å². The Morgan fingerprint density at radius 3 is 2.44 bits per heavy atom.